The van der Waals surface area contributed by atoms with Crippen LogP contribution in [-0.2, 0) is 4.79 Å². The molecule has 2 aliphatic rings. The zero-order chi connectivity index (χ0) is 20.0. The van der Waals surface area contributed by atoms with Crippen LogP contribution < -0.4 is 10.2 Å². The molecule has 29 heavy (non-hydrogen) atoms. The first-order chi connectivity index (χ1) is 14.2. The Morgan fingerprint density at radius 3 is 2.79 bits per heavy atom. The molecule has 0 spiro atoms. The number of carbonyl (C=O) groups is 1. The Morgan fingerprint density at radius 1 is 1.21 bits per heavy atom. The van der Waals surface area contributed by atoms with Gasteiger partial charge in [-0.1, -0.05) is 44.2 Å². The third-order valence-corrected chi connectivity index (χ3v) is 6.32. The third kappa shape index (κ3) is 2.57. The van der Waals surface area contributed by atoms with Crippen molar-refractivity contribution in [3.05, 3.63) is 48.9 Å². The molecule has 1 amide bonds. The van der Waals surface area contributed by atoms with E-state index in [2.05, 4.69) is 34.0 Å². The summed E-state index contributed by atoms with van der Waals surface area (Å²) in [7, 11) is 0. The van der Waals surface area contributed by atoms with Crippen LogP contribution in [0.1, 0.15) is 39.5 Å². The molecular weight excluding hydrogens is 364 g/mol. The number of nitrogens with one attached hydrogen (secondary N) is 1. The highest BCUT2D eigenvalue weighted by Gasteiger charge is 2.53. The summed E-state index contributed by atoms with van der Waals surface area (Å²) in [5.74, 6) is 2.23. The maximum absolute atomic E-state index is 13.0. The standard InChI is InChI=1S/C22H24N6O/c1-3-16-10-11-22(4-2)20(29)25-17-14-24-21(26-19(17)28(16)22)27-13-12-23-18(27)15-8-6-5-7-9-15/h5-9,12-14,16H,3-4,10-11H2,1-2H3,(H,25,29)/t16-,22+/m1/s1. The van der Waals surface area contributed by atoms with E-state index < -0.39 is 5.54 Å². The highest BCUT2D eigenvalue weighted by molar-refractivity contribution is 6.06. The van der Waals surface area contributed by atoms with Crippen molar-refractivity contribution in [2.24, 2.45) is 0 Å². The van der Waals surface area contributed by atoms with Crippen LogP contribution in [0.25, 0.3) is 17.3 Å². The van der Waals surface area contributed by atoms with Crippen molar-refractivity contribution < 1.29 is 4.79 Å². The molecule has 0 saturated carbocycles. The summed E-state index contributed by atoms with van der Waals surface area (Å²) in [6, 6.07) is 10.3. The Hall–Kier alpha value is -3.22. The molecule has 4 heterocycles. The van der Waals surface area contributed by atoms with E-state index in [0.29, 0.717) is 17.7 Å². The SMILES string of the molecule is CC[C@@H]1CC[C@@]2(CC)C(=O)Nc3cnc(-n4ccnc4-c4ccccc4)nc3N12. The van der Waals surface area contributed by atoms with E-state index in [0.717, 1.165) is 42.9 Å². The van der Waals surface area contributed by atoms with Gasteiger partial charge in [-0.25, -0.2) is 9.97 Å². The average Bonchev–Trinajstić information content (AvgIpc) is 3.40. The second kappa shape index (κ2) is 6.69. The first-order valence-electron chi connectivity index (χ1n) is 10.2. The number of carbonyl (C=O) groups excluding carboxylic acids is 1. The minimum Gasteiger partial charge on any atom is -0.337 e. The van der Waals surface area contributed by atoms with Crippen molar-refractivity contribution >= 4 is 17.4 Å². The summed E-state index contributed by atoms with van der Waals surface area (Å²) >= 11 is 0. The number of aromatic nitrogens is 4. The zero-order valence-electron chi connectivity index (χ0n) is 16.7. The van der Waals surface area contributed by atoms with Crippen LogP contribution in [-0.4, -0.2) is 37.0 Å². The van der Waals surface area contributed by atoms with Gasteiger partial charge >= 0.3 is 0 Å². The third-order valence-electron chi connectivity index (χ3n) is 6.32. The van der Waals surface area contributed by atoms with E-state index in [-0.39, 0.29) is 5.91 Å². The predicted molar refractivity (Wildman–Crippen MR) is 112 cm³/mol. The lowest BCUT2D eigenvalue weighted by atomic mass is 9.90. The summed E-state index contributed by atoms with van der Waals surface area (Å²) in [5.41, 5.74) is 1.17. The molecule has 2 aromatic heterocycles. The molecule has 0 bridgehead atoms. The summed E-state index contributed by atoms with van der Waals surface area (Å²) < 4.78 is 1.90. The van der Waals surface area contributed by atoms with Gasteiger partial charge in [0.05, 0.1) is 6.20 Å². The van der Waals surface area contributed by atoms with Crippen LogP contribution >= 0.6 is 0 Å². The smallest absolute Gasteiger partial charge is 0.250 e. The lowest BCUT2D eigenvalue weighted by Crippen LogP contribution is -2.58. The van der Waals surface area contributed by atoms with Crippen LogP contribution in [0.15, 0.2) is 48.9 Å². The van der Waals surface area contributed by atoms with Crippen LogP contribution in [0.4, 0.5) is 11.5 Å². The minimum atomic E-state index is -0.517. The Morgan fingerprint density at radius 2 is 2.03 bits per heavy atom. The molecule has 1 fully saturated rings. The van der Waals surface area contributed by atoms with E-state index in [4.69, 9.17) is 4.98 Å². The maximum Gasteiger partial charge on any atom is 0.250 e. The second-order valence-electron chi connectivity index (χ2n) is 7.70. The molecule has 0 radical (unpaired) electrons. The Kier molecular flexibility index (Phi) is 4.12. The van der Waals surface area contributed by atoms with Crippen molar-refractivity contribution in [1.82, 2.24) is 19.5 Å². The van der Waals surface area contributed by atoms with Crippen molar-refractivity contribution in [2.45, 2.75) is 51.1 Å². The summed E-state index contributed by atoms with van der Waals surface area (Å²) in [6.07, 6.45) is 8.94. The van der Waals surface area contributed by atoms with Gasteiger partial charge in [-0.3, -0.25) is 9.36 Å². The normalized spacial score (nSPS) is 22.9. The van der Waals surface area contributed by atoms with Gasteiger partial charge in [0.15, 0.2) is 5.82 Å². The van der Waals surface area contributed by atoms with Gasteiger partial charge < -0.3 is 10.2 Å². The Balaban J connectivity index is 1.64. The monoisotopic (exact) mass is 388 g/mol. The van der Waals surface area contributed by atoms with Gasteiger partial charge in [0.25, 0.3) is 0 Å². The van der Waals surface area contributed by atoms with E-state index in [1.165, 1.54) is 0 Å². The Labute approximate surface area is 169 Å². The molecule has 148 valence electrons. The van der Waals surface area contributed by atoms with Gasteiger partial charge in [0.1, 0.15) is 17.1 Å². The number of imidazole rings is 1. The molecule has 1 saturated heterocycles. The van der Waals surface area contributed by atoms with Crippen molar-refractivity contribution in [3.8, 4) is 17.3 Å². The van der Waals surface area contributed by atoms with E-state index in [1.807, 2.05) is 41.1 Å². The molecule has 0 aliphatic carbocycles. The van der Waals surface area contributed by atoms with Gasteiger partial charge in [-0.05, 0) is 25.7 Å². The van der Waals surface area contributed by atoms with Crippen molar-refractivity contribution in [2.75, 3.05) is 10.2 Å². The van der Waals surface area contributed by atoms with Crippen LogP contribution in [0.5, 0.6) is 0 Å². The largest absolute Gasteiger partial charge is 0.337 e. The fourth-order valence-corrected chi connectivity index (χ4v) is 4.75. The number of hydrogen-bond donors (Lipinski definition) is 1. The molecule has 7 nitrogen and oxygen atoms in total. The van der Waals surface area contributed by atoms with Crippen LogP contribution in [0, 0.1) is 0 Å². The molecule has 1 aromatic carbocycles. The minimum absolute atomic E-state index is 0.0624. The molecule has 2 atom stereocenters. The number of anilines is 2. The number of benzene rings is 1. The fraction of sp³-hybridized carbons (Fsp3) is 0.364. The molecule has 7 heteroatoms. The van der Waals surface area contributed by atoms with Gasteiger partial charge in [0, 0.05) is 24.0 Å². The molecule has 2 aliphatic heterocycles. The van der Waals surface area contributed by atoms with E-state index >= 15 is 0 Å². The van der Waals surface area contributed by atoms with Crippen LogP contribution in [0.2, 0.25) is 0 Å². The topological polar surface area (TPSA) is 75.9 Å². The first-order valence-corrected chi connectivity index (χ1v) is 10.2. The van der Waals surface area contributed by atoms with Crippen LogP contribution in [0.3, 0.4) is 0 Å². The quantitative estimate of drug-likeness (QED) is 0.736. The molecule has 1 N–H and O–H groups in total. The molecule has 5 rings (SSSR count). The number of fused-ring (bicyclic) bond motifs is 3. The van der Waals surface area contributed by atoms with E-state index in [9.17, 15) is 4.79 Å². The first kappa shape index (κ1) is 17.8. The number of amides is 1. The molecular formula is C22H24N6O. The average molecular weight is 388 g/mol. The van der Waals surface area contributed by atoms with Gasteiger partial charge in [-0.15, -0.1) is 0 Å². The molecule has 0 unspecified atom stereocenters. The number of nitrogens with zero attached hydrogens (tertiary/aromatic N) is 5. The van der Waals surface area contributed by atoms with Gasteiger partial charge in [0.2, 0.25) is 11.9 Å². The predicted octanol–water partition coefficient (Wildman–Crippen LogP) is 3.81. The lowest BCUT2D eigenvalue weighted by molar-refractivity contribution is -0.121. The van der Waals surface area contributed by atoms with Crippen molar-refractivity contribution in [3.63, 3.8) is 0 Å². The number of hydrogen-bond acceptors (Lipinski definition) is 5. The summed E-state index contributed by atoms with van der Waals surface area (Å²) in [4.78, 5) is 29.2. The van der Waals surface area contributed by atoms with E-state index in [1.54, 1.807) is 12.4 Å². The maximum atomic E-state index is 13.0. The lowest BCUT2D eigenvalue weighted by Gasteiger charge is -2.44. The number of rotatable bonds is 4. The second-order valence-corrected chi connectivity index (χ2v) is 7.70. The fourth-order valence-electron chi connectivity index (χ4n) is 4.75. The zero-order valence-corrected chi connectivity index (χ0v) is 16.7. The highest BCUT2D eigenvalue weighted by atomic mass is 16.2. The Bertz CT molecular complexity index is 1060. The summed E-state index contributed by atoms with van der Waals surface area (Å²) in [5, 5.41) is 3.06. The summed E-state index contributed by atoms with van der Waals surface area (Å²) in [6.45, 7) is 4.26. The van der Waals surface area contributed by atoms with Crippen molar-refractivity contribution in [1.29, 1.82) is 0 Å². The van der Waals surface area contributed by atoms with Gasteiger partial charge in [-0.2, -0.15) is 4.98 Å². The highest BCUT2D eigenvalue weighted by Crippen LogP contribution is 2.47. The molecule has 3 aromatic rings.